The van der Waals surface area contributed by atoms with Gasteiger partial charge in [-0.15, -0.1) is 0 Å². The van der Waals surface area contributed by atoms with Crippen molar-refractivity contribution in [3.8, 4) is 0 Å². The molecule has 2 N–H and O–H groups in total. The fourth-order valence-corrected chi connectivity index (χ4v) is 7.43. The average Bonchev–Trinajstić information content (AvgIpc) is 3.42. The van der Waals surface area contributed by atoms with Crippen LogP contribution in [0.3, 0.4) is 0 Å². The molecule has 1 aliphatic heterocycles. The third-order valence-corrected chi connectivity index (χ3v) is 10.0. The summed E-state index contributed by atoms with van der Waals surface area (Å²) in [5.41, 5.74) is -0.144. The Morgan fingerprint density at radius 2 is 1.62 bits per heavy atom. The molecule has 1 unspecified atom stereocenters. The van der Waals surface area contributed by atoms with E-state index in [1.54, 1.807) is 70.1 Å². The number of nitrogens with zero attached hydrogens (tertiary/aromatic N) is 2. The van der Waals surface area contributed by atoms with Gasteiger partial charge in [0.2, 0.25) is 23.5 Å². The number of amides is 4. The lowest BCUT2D eigenvalue weighted by Crippen LogP contribution is -2.56. The van der Waals surface area contributed by atoms with Crippen LogP contribution in [-0.4, -0.2) is 89.3 Å². The van der Waals surface area contributed by atoms with Gasteiger partial charge in [0.1, 0.15) is 17.7 Å². The molecule has 3 aliphatic rings. The number of likely N-dealkylation sites (N-methyl/N-ethyl adjacent to an activating group) is 1. The van der Waals surface area contributed by atoms with Crippen molar-refractivity contribution >= 4 is 41.2 Å². The van der Waals surface area contributed by atoms with Crippen molar-refractivity contribution in [2.24, 2.45) is 23.7 Å². The van der Waals surface area contributed by atoms with Crippen LogP contribution in [0.1, 0.15) is 104 Å². The number of carbonyl (C=O) groups excluding carboxylic acids is 7. The Kier molecular flexibility index (Phi) is 13.0. The van der Waals surface area contributed by atoms with Crippen LogP contribution in [0.15, 0.2) is 30.3 Å². The molecule has 2 aliphatic carbocycles. The number of benzene rings is 1. The van der Waals surface area contributed by atoms with E-state index in [1.807, 2.05) is 6.92 Å². The number of rotatable bonds is 16. The lowest BCUT2D eigenvalue weighted by atomic mass is 9.87. The predicted molar refractivity (Wildman–Crippen MR) is 186 cm³/mol. The summed E-state index contributed by atoms with van der Waals surface area (Å²) in [4.78, 5) is 96.0. The third-order valence-electron chi connectivity index (χ3n) is 10.0. The second-order valence-electron chi connectivity index (χ2n) is 15.4. The lowest BCUT2D eigenvalue weighted by molar-refractivity contribution is -0.144. The first-order valence-electron chi connectivity index (χ1n) is 18.1. The van der Waals surface area contributed by atoms with Gasteiger partial charge in [0, 0.05) is 45.8 Å². The van der Waals surface area contributed by atoms with Gasteiger partial charge in [0.05, 0.1) is 6.04 Å². The molecule has 0 radical (unpaired) electrons. The van der Waals surface area contributed by atoms with E-state index in [-0.39, 0.29) is 54.6 Å². The van der Waals surface area contributed by atoms with Gasteiger partial charge >= 0.3 is 6.09 Å². The topological polar surface area (TPSA) is 159 Å². The molecule has 0 spiro atoms. The molecule has 3 fully saturated rings. The number of hydrogen-bond acceptors (Lipinski definition) is 8. The van der Waals surface area contributed by atoms with Crippen LogP contribution in [0, 0.1) is 23.7 Å². The highest BCUT2D eigenvalue weighted by atomic mass is 16.6. The number of fused-ring (bicyclic) bond motifs is 1. The number of carbonyl (C=O) groups is 7. The van der Waals surface area contributed by atoms with E-state index < -0.39 is 53.2 Å². The predicted octanol–water partition coefficient (Wildman–Crippen LogP) is 4.16. The molecule has 4 amide bonds. The summed E-state index contributed by atoms with van der Waals surface area (Å²) in [7, 11) is 3.17. The normalized spacial score (nSPS) is 21.7. The summed E-state index contributed by atoms with van der Waals surface area (Å²) in [6.45, 7) is 7.55. The van der Waals surface area contributed by atoms with Crippen molar-refractivity contribution in [1.82, 2.24) is 20.4 Å². The fourth-order valence-electron chi connectivity index (χ4n) is 7.43. The van der Waals surface area contributed by atoms with E-state index in [0.29, 0.717) is 24.9 Å². The molecule has 2 saturated carbocycles. The number of nitrogens with one attached hydrogen (secondary N) is 2. The lowest BCUT2D eigenvalue weighted by Gasteiger charge is -2.34. The molecule has 6 atom stereocenters. The monoisotopic (exact) mass is 694 g/mol. The van der Waals surface area contributed by atoms with Crippen LogP contribution in [0.4, 0.5) is 4.79 Å². The van der Waals surface area contributed by atoms with Gasteiger partial charge in [-0.25, -0.2) is 4.79 Å². The number of ketones is 3. The van der Waals surface area contributed by atoms with Gasteiger partial charge in [0.25, 0.3) is 0 Å². The number of ether oxygens (including phenoxy) is 1. The van der Waals surface area contributed by atoms with E-state index in [0.717, 1.165) is 32.1 Å². The zero-order valence-corrected chi connectivity index (χ0v) is 30.4. The van der Waals surface area contributed by atoms with Crippen molar-refractivity contribution in [3.63, 3.8) is 0 Å². The largest absolute Gasteiger partial charge is 0.444 e. The number of Topliss-reactive ketones (excluding diaryl/α,β-unsaturated/α-hetero) is 3. The van der Waals surface area contributed by atoms with Crippen LogP contribution < -0.4 is 10.6 Å². The minimum absolute atomic E-state index is 0.00332. The summed E-state index contributed by atoms with van der Waals surface area (Å²) in [6.07, 6.45) is 3.69. The maximum atomic E-state index is 14.1. The molecule has 1 heterocycles. The quantitative estimate of drug-likeness (QED) is 0.244. The van der Waals surface area contributed by atoms with E-state index in [4.69, 9.17) is 4.74 Å². The molecule has 0 aromatic heterocycles. The standard InChI is InChI=1S/C38H54N4O8/c1-7-13-25(34(46)28(43)18-19-30(45)39-31(35(47)41(5)6)23-14-9-8-10-15-23)21-29(44)33-27-20-26(27)22-42(33)36(48)32(24-16-11-12-17-24)40-37(49)50-38(2,3)4/h8-10,14-15,24-27,31-33H,7,11-13,16-22H2,1-6H3,(H,39,45)(H,40,49)/t25?,26-,27-,31-,32-,33-/m0/s1. The third kappa shape index (κ3) is 10.0. The van der Waals surface area contributed by atoms with Gasteiger partial charge in [-0.2, -0.15) is 0 Å². The molecular formula is C38H54N4O8. The SMILES string of the molecule is CCCC(CC(=O)[C@@H]1[C@H]2C[C@H]2CN1C(=O)[C@@H](NC(=O)OC(C)(C)C)C1CCCC1)C(=O)C(=O)CCC(=O)N[C@H](C(=O)N(C)C)c1ccccc1. The molecule has 0 bridgehead atoms. The minimum Gasteiger partial charge on any atom is -0.444 e. The second kappa shape index (κ2) is 16.7. The highest BCUT2D eigenvalue weighted by Crippen LogP contribution is 2.51. The zero-order valence-electron chi connectivity index (χ0n) is 30.4. The van der Waals surface area contributed by atoms with Crippen LogP contribution in [0.2, 0.25) is 0 Å². The van der Waals surface area contributed by atoms with Crippen molar-refractivity contribution in [1.29, 1.82) is 0 Å². The summed E-state index contributed by atoms with van der Waals surface area (Å²) in [6, 6.07) is 6.30. The number of likely N-dealkylation sites (tertiary alicyclic amines) is 1. The molecule has 12 heteroatoms. The molecular weight excluding hydrogens is 640 g/mol. The summed E-state index contributed by atoms with van der Waals surface area (Å²) >= 11 is 0. The smallest absolute Gasteiger partial charge is 0.408 e. The van der Waals surface area contributed by atoms with Gasteiger partial charge in [-0.3, -0.25) is 28.8 Å². The Labute approximate surface area is 295 Å². The Bertz CT molecular complexity index is 1430. The van der Waals surface area contributed by atoms with Crippen molar-refractivity contribution < 1.29 is 38.3 Å². The molecule has 1 saturated heterocycles. The van der Waals surface area contributed by atoms with E-state index in [2.05, 4.69) is 10.6 Å². The van der Waals surface area contributed by atoms with Crippen molar-refractivity contribution in [3.05, 3.63) is 35.9 Å². The Morgan fingerprint density at radius 3 is 2.22 bits per heavy atom. The van der Waals surface area contributed by atoms with Gasteiger partial charge in [-0.05, 0) is 69.8 Å². The number of alkyl carbamates (subject to hydrolysis) is 1. The van der Waals surface area contributed by atoms with Gasteiger partial charge in [0.15, 0.2) is 11.6 Å². The Hall–Kier alpha value is -4.09. The highest BCUT2D eigenvalue weighted by Gasteiger charge is 2.58. The molecule has 1 aromatic rings. The summed E-state index contributed by atoms with van der Waals surface area (Å²) in [5, 5.41) is 5.50. The molecule has 1 aromatic carbocycles. The van der Waals surface area contributed by atoms with Crippen molar-refractivity contribution in [2.45, 2.75) is 116 Å². The van der Waals surface area contributed by atoms with Gasteiger partial charge < -0.3 is 25.2 Å². The first-order valence-corrected chi connectivity index (χ1v) is 18.1. The maximum absolute atomic E-state index is 14.1. The molecule has 50 heavy (non-hydrogen) atoms. The average molecular weight is 695 g/mol. The Morgan fingerprint density at radius 1 is 0.960 bits per heavy atom. The van der Waals surface area contributed by atoms with Crippen LogP contribution >= 0.6 is 0 Å². The summed E-state index contributed by atoms with van der Waals surface area (Å²) < 4.78 is 5.47. The molecule has 4 rings (SSSR count). The van der Waals surface area contributed by atoms with E-state index in [1.165, 1.54) is 4.90 Å². The number of piperidine rings is 1. The van der Waals surface area contributed by atoms with E-state index in [9.17, 15) is 33.6 Å². The second-order valence-corrected chi connectivity index (χ2v) is 15.4. The molecule has 274 valence electrons. The van der Waals surface area contributed by atoms with E-state index >= 15 is 0 Å². The Balaban J connectivity index is 1.39. The zero-order chi connectivity index (χ0) is 36.7. The van der Waals surface area contributed by atoms with Crippen LogP contribution in [0.25, 0.3) is 0 Å². The fraction of sp³-hybridized carbons (Fsp3) is 0.658. The minimum atomic E-state index is -0.939. The molecule has 12 nitrogen and oxygen atoms in total. The summed E-state index contributed by atoms with van der Waals surface area (Å²) in [5.74, 6) is -3.60. The van der Waals surface area contributed by atoms with Crippen LogP contribution in [0.5, 0.6) is 0 Å². The van der Waals surface area contributed by atoms with Crippen LogP contribution in [-0.2, 0) is 33.5 Å². The first kappa shape index (κ1) is 38.7. The number of hydrogen-bond donors (Lipinski definition) is 2. The first-order chi connectivity index (χ1) is 23.6. The van der Waals surface area contributed by atoms with Crippen molar-refractivity contribution in [2.75, 3.05) is 20.6 Å². The highest BCUT2D eigenvalue weighted by molar-refractivity contribution is 6.38. The maximum Gasteiger partial charge on any atom is 0.408 e. The van der Waals surface area contributed by atoms with Gasteiger partial charge in [-0.1, -0.05) is 56.5 Å².